The monoisotopic (exact) mass is 624 g/mol. The number of carbonyl (C=O) groups is 3. The van der Waals surface area contributed by atoms with Crippen LogP contribution in [0.1, 0.15) is 38.3 Å². The Morgan fingerprint density at radius 3 is 2.49 bits per heavy atom. The minimum Gasteiger partial charge on any atom is -0.490 e. The first-order valence-corrected chi connectivity index (χ1v) is 14.2. The van der Waals surface area contributed by atoms with E-state index in [0.29, 0.717) is 6.61 Å². The summed E-state index contributed by atoms with van der Waals surface area (Å²) in [6.07, 6.45) is -2.16. The predicted octanol–water partition coefficient (Wildman–Crippen LogP) is 5.26. The number of fused-ring (bicyclic) bond motifs is 2. The van der Waals surface area contributed by atoms with E-state index in [4.69, 9.17) is 18.9 Å². The lowest BCUT2D eigenvalue weighted by atomic mass is 10.00. The molecule has 236 valence electrons. The molecule has 0 fully saturated rings. The SMILES string of the molecule is COC(=O)C[C@@H]1C=C[C@H]2[C@H](COc3ccc(NC(=O)c4ccc(C(F)(F)F)cc4)cc3C(=O)N2CCOCc2ccccc2)O1. The van der Waals surface area contributed by atoms with Crippen LogP contribution in [0.4, 0.5) is 18.9 Å². The summed E-state index contributed by atoms with van der Waals surface area (Å²) in [7, 11) is 1.30. The molecule has 0 spiro atoms. The van der Waals surface area contributed by atoms with E-state index in [1.165, 1.54) is 25.3 Å². The molecule has 0 saturated heterocycles. The number of nitrogens with one attached hydrogen (secondary N) is 1. The van der Waals surface area contributed by atoms with Gasteiger partial charge in [-0.2, -0.15) is 13.2 Å². The molecule has 2 amide bonds. The Bertz CT molecular complexity index is 1540. The third-order valence-electron chi connectivity index (χ3n) is 7.40. The molecular weight excluding hydrogens is 593 g/mol. The fourth-order valence-electron chi connectivity index (χ4n) is 5.07. The minimum absolute atomic E-state index is 0.00291. The number of amides is 2. The number of hydrogen-bond donors (Lipinski definition) is 1. The molecule has 1 N–H and O–H groups in total. The smallest absolute Gasteiger partial charge is 0.416 e. The number of alkyl halides is 3. The average molecular weight is 625 g/mol. The molecule has 0 aliphatic carbocycles. The number of nitrogens with zero attached hydrogens (tertiary/aromatic N) is 1. The standard InChI is InChI=1S/C33H31F3N2O7/c1-42-30(39)18-25-12-13-27-29(45-25)20-44-28-14-11-24(37-31(40)22-7-9-23(10-8-22)33(34,35)36)17-26(28)32(41)38(27)15-16-43-19-21-5-3-2-4-6-21/h2-14,17,25,27,29H,15-16,18-20H2,1H3,(H,37,40)/t25-,27-,29-/m0/s1. The summed E-state index contributed by atoms with van der Waals surface area (Å²) in [5.41, 5.74) is 0.552. The van der Waals surface area contributed by atoms with Gasteiger partial charge < -0.3 is 29.2 Å². The molecule has 3 aromatic carbocycles. The Balaban J connectivity index is 1.36. The Morgan fingerprint density at radius 1 is 1.02 bits per heavy atom. The topological polar surface area (TPSA) is 103 Å². The van der Waals surface area contributed by atoms with Gasteiger partial charge >= 0.3 is 12.1 Å². The molecule has 2 heterocycles. The van der Waals surface area contributed by atoms with Gasteiger partial charge in [-0.1, -0.05) is 42.5 Å². The maximum atomic E-state index is 14.1. The summed E-state index contributed by atoms with van der Waals surface area (Å²) >= 11 is 0. The van der Waals surface area contributed by atoms with Gasteiger partial charge in [-0.05, 0) is 48.0 Å². The largest absolute Gasteiger partial charge is 0.490 e. The highest BCUT2D eigenvalue weighted by molar-refractivity contribution is 6.05. The first-order valence-electron chi connectivity index (χ1n) is 14.2. The average Bonchev–Trinajstić information content (AvgIpc) is 3.03. The van der Waals surface area contributed by atoms with Crippen LogP contribution >= 0.6 is 0 Å². The molecule has 0 saturated carbocycles. The maximum absolute atomic E-state index is 14.1. The van der Waals surface area contributed by atoms with Crippen molar-refractivity contribution < 1.29 is 46.5 Å². The summed E-state index contributed by atoms with van der Waals surface area (Å²) in [5.74, 6) is -1.24. The van der Waals surface area contributed by atoms with Crippen molar-refractivity contribution in [2.45, 2.75) is 37.5 Å². The number of hydrogen-bond acceptors (Lipinski definition) is 7. The van der Waals surface area contributed by atoms with Gasteiger partial charge in [0.2, 0.25) is 0 Å². The minimum atomic E-state index is -4.52. The summed E-state index contributed by atoms with van der Waals surface area (Å²) in [4.78, 5) is 40.4. The molecule has 0 unspecified atom stereocenters. The van der Waals surface area contributed by atoms with E-state index in [-0.39, 0.29) is 48.7 Å². The molecule has 12 heteroatoms. The van der Waals surface area contributed by atoms with Crippen molar-refractivity contribution in [3.8, 4) is 5.75 Å². The van der Waals surface area contributed by atoms with Crippen LogP contribution in [-0.2, 0) is 31.8 Å². The number of halogens is 3. The van der Waals surface area contributed by atoms with Gasteiger partial charge in [-0.3, -0.25) is 14.4 Å². The van der Waals surface area contributed by atoms with Gasteiger partial charge in [0.15, 0.2) is 0 Å². The van der Waals surface area contributed by atoms with E-state index in [1.54, 1.807) is 11.0 Å². The third-order valence-corrected chi connectivity index (χ3v) is 7.40. The fourth-order valence-corrected chi connectivity index (χ4v) is 5.07. The van der Waals surface area contributed by atoms with Crippen molar-refractivity contribution in [2.24, 2.45) is 0 Å². The van der Waals surface area contributed by atoms with Crippen LogP contribution in [0.15, 0.2) is 84.9 Å². The van der Waals surface area contributed by atoms with E-state index in [9.17, 15) is 27.6 Å². The lowest BCUT2D eigenvalue weighted by molar-refractivity contribution is -0.145. The van der Waals surface area contributed by atoms with Crippen LogP contribution < -0.4 is 10.1 Å². The van der Waals surface area contributed by atoms with Crippen molar-refractivity contribution in [1.29, 1.82) is 0 Å². The number of esters is 1. The zero-order valence-corrected chi connectivity index (χ0v) is 24.3. The second kappa shape index (κ2) is 14.0. The lowest BCUT2D eigenvalue weighted by Crippen LogP contribution is -2.54. The highest BCUT2D eigenvalue weighted by atomic mass is 19.4. The quantitative estimate of drug-likeness (QED) is 0.197. The van der Waals surface area contributed by atoms with Gasteiger partial charge in [0.05, 0.1) is 50.0 Å². The summed E-state index contributed by atoms with van der Waals surface area (Å²) in [5, 5.41) is 2.64. The summed E-state index contributed by atoms with van der Waals surface area (Å²) < 4.78 is 61.6. The molecule has 9 nitrogen and oxygen atoms in total. The third kappa shape index (κ3) is 7.89. The predicted molar refractivity (Wildman–Crippen MR) is 157 cm³/mol. The van der Waals surface area contributed by atoms with Crippen LogP contribution in [0.2, 0.25) is 0 Å². The molecule has 0 aromatic heterocycles. The summed E-state index contributed by atoms with van der Waals surface area (Å²) in [6.45, 7) is 0.823. The Kier molecular flexibility index (Phi) is 9.84. The Labute approximate surface area is 257 Å². The van der Waals surface area contributed by atoms with Crippen molar-refractivity contribution in [1.82, 2.24) is 4.90 Å². The van der Waals surface area contributed by atoms with Crippen molar-refractivity contribution in [3.05, 3.63) is 107 Å². The van der Waals surface area contributed by atoms with E-state index < -0.39 is 47.8 Å². The van der Waals surface area contributed by atoms with Crippen LogP contribution in [0, 0.1) is 0 Å². The van der Waals surface area contributed by atoms with Gasteiger partial charge in [0, 0.05) is 17.8 Å². The number of methoxy groups -OCH3 is 1. The Hall–Kier alpha value is -4.68. The molecule has 45 heavy (non-hydrogen) atoms. The second-order valence-electron chi connectivity index (χ2n) is 10.5. The second-order valence-corrected chi connectivity index (χ2v) is 10.5. The lowest BCUT2D eigenvalue weighted by Gasteiger charge is -2.40. The molecular formula is C33H31F3N2O7. The van der Waals surface area contributed by atoms with Gasteiger partial charge in [0.1, 0.15) is 18.5 Å². The highest BCUT2D eigenvalue weighted by Crippen LogP contribution is 2.32. The molecule has 2 aliphatic rings. The van der Waals surface area contributed by atoms with Gasteiger partial charge in [-0.25, -0.2) is 0 Å². The van der Waals surface area contributed by atoms with Gasteiger partial charge in [-0.15, -0.1) is 0 Å². The van der Waals surface area contributed by atoms with Crippen molar-refractivity contribution >= 4 is 23.5 Å². The fraction of sp³-hybridized carbons (Fsp3) is 0.303. The Morgan fingerprint density at radius 2 is 1.78 bits per heavy atom. The van der Waals surface area contributed by atoms with Crippen LogP contribution in [0.25, 0.3) is 0 Å². The number of carbonyl (C=O) groups excluding carboxylic acids is 3. The first-order chi connectivity index (χ1) is 21.6. The molecule has 3 aromatic rings. The molecule has 3 atom stereocenters. The van der Waals surface area contributed by atoms with E-state index in [0.717, 1.165) is 29.8 Å². The zero-order valence-electron chi connectivity index (χ0n) is 24.3. The number of ether oxygens (including phenoxy) is 4. The summed E-state index contributed by atoms with van der Waals surface area (Å²) in [6, 6.07) is 17.4. The van der Waals surface area contributed by atoms with E-state index in [2.05, 4.69) is 5.32 Å². The van der Waals surface area contributed by atoms with E-state index >= 15 is 0 Å². The van der Waals surface area contributed by atoms with Gasteiger partial charge in [0.25, 0.3) is 11.8 Å². The molecule has 0 bridgehead atoms. The first kappa shape index (κ1) is 31.7. The number of anilines is 1. The molecule has 2 aliphatic heterocycles. The molecule has 5 rings (SSSR count). The number of benzene rings is 3. The van der Waals surface area contributed by atoms with Crippen LogP contribution in [0.5, 0.6) is 5.75 Å². The van der Waals surface area contributed by atoms with E-state index in [1.807, 2.05) is 36.4 Å². The maximum Gasteiger partial charge on any atom is 0.416 e. The normalized spacial score (nSPS) is 19.4. The molecule has 0 radical (unpaired) electrons. The number of rotatable bonds is 9. The van der Waals surface area contributed by atoms with Crippen molar-refractivity contribution in [2.75, 3.05) is 32.2 Å². The van der Waals surface area contributed by atoms with Crippen molar-refractivity contribution in [3.63, 3.8) is 0 Å². The van der Waals surface area contributed by atoms with Crippen LogP contribution in [0.3, 0.4) is 0 Å². The van der Waals surface area contributed by atoms with Crippen LogP contribution in [-0.4, -0.2) is 67.8 Å². The highest BCUT2D eigenvalue weighted by Gasteiger charge is 2.38. The zero-order chi connectivity index (χ0) is 32.0.